The third-order valence-electron chi connectivity index (χ3n) is 3.50. The van der Waals surface area contributed by atoms with Gasteiger partial charge in [-0.3, -0.25) is 4.90 Å². The van der Waals surface area contributed by atoms with Gasteiger partial charge < -0.3 is 10.9 Å². The third-order valence-corrected chi connectivity index (χ3v) is 4.54. The Morgan fingerprint density at radius 3 is 2.81 bits per heavy atom. The van der Waals surface area contributed by atoms with Crippen molar-refractivity contribution in [3.63, 3.8) is 0 Å². The Morgan fingerprint density at radius 2 is 2.19 bits per heavy atom. The van der Waals surface area contributed by atoms with Crippen LogP contribution >= 0.6 is 11.3 Å². The van der Waals surface area contributed by atoms with E-state index in [1.807, 2.05) is 18.5 Å². The van der Waals surface area contributed by atoms with E-state index in [1.54, 1.807) is 23.5 Å². The van der Waals surface area contributed by atoms with Crippen LogP contribution in [0.1, 0.15) is 29.0 Å². The summed E-state index contributed by atoms with van der Waals surface area (Å²) in [5.74, 6) is -0.665. The molecule has 0 saturated heterocycles. The molecule has 1 unspecified atom stereocenters. The molecule has 0 saturated carbocycles. The predicted molar refractivity (Wildman–Crippen MR) is 83.1 cm³/mol. The van der Waals surface area contributed by atoms with Crippen LogP contribution in [0.25, 0.3) is 0 Å². The molecule has 0 spiro atoms. The fourth-order valence-corrected chi connectivity index (χ4v) is 2.95. The number of halogens is 1. The predicted octanol–water partition coefficient (Wildman–Crippen LogP) is 3.17. The maximum absolute atomic E-state index is 14.4. The first-order valence-corrected chi connectivity index (χ1v) is 7.41. The van der Waals surface area contributed by atoms with Crippen molar-refractivity contribution < 1.29 is 9.60 Å². The highest BCUT2D eigenvalue weighted by molar-refractivity contribution is 7.10. The topological polar surface area (TPSA) is 61.8 Å². The van der Waals surface area contributed by atoms with Gasteiger partial charge in [0.1, 0.15) is 5.82 Å². The average Bonchev–Trinajstić information content (AvgIpc) is 3.02. The number of benzene rings is 1. The van der Waals surface area contributed by atoms with E-state index in [-0.39, 0.29) is 17.4 Å². The summed E-state index contributed by atoms with van der Waals surface area (Å²) >= 11 is 1.68. The molecular formula is C15H18FN3OS. The lowest BCUT2D eigenvalue weighted by Crippen LogP contribution is -2.23. The molecule has 2 rings (SSSR count). The van der Waals surface area contributed by atoms with Gasteiger partial charge in [-0.05, 0) is 31.5 Å². The van der Waals surface area contributed by atoms with Crippen molar-refractivity contribution >= 4 is 17.2 Å². The van der Waals surface area contributed by atoms with Crippen molar-refractivity contribution in [1.29, 1.82) is 0 Å². The summed E-state index contributed by atoms with van der Waals surface area (Å²) < 4.78 is 14.4. The minimum Gasteiger partial charge on any atom is -0.409 e. The minimum atomic E-state index is -0.446. The number of nitrogens with two attached hydrogens (primary N) is 1. The number of hydrogen-bond donors (Lipinski definition) is 2. The normalized spacial score (nSPS) is 13.6. The molecule has 0 amide bonds. The molecule has 0 aliphatic carbocycles. The Morgan fingerprint density at radius 1 is 1.43 bits per heavy atom. The summed E-state index contributed by atoms with van der Waals surface area (Å²) in [6.07, 6.45) is 0. The first kappa shape index (κ1) is 15.5. The van der Waals surface area contributed by atoms with E-state index in [0.29, 0.717) is 12.1 Å². The van der Waals surface area contributed by atoms with Crippen LogP contribution in [0.3, 0.4) is 0 Å². The van der Waals surface area contributed by atoms with Crippen molar-refractivity contribution in [3.05, 3.63) is 57.5 Å². The minimum absolute atomic E-state index is 0.118. The summed E-state index contributed by atoms with van der Waals surface area (Å²) in [4.78, 5) is 3.28. The van der Waals surface area contributed by atoms with Crippen LogP contribution in [0.5, 0.6) is 0 Å². The van der Waals surface area contributed by atoms with Crippen LogP contribution in [0.15, 0.2) is 40.9 Å². The van der Waals surface area contributed by atoms with Crippen molar-refractivity contribution in [3.8, 4) is 0 Å². The molecule has 0 bridgehead atoms. The van der Waals surface area contributed by atoms with E-state index < -0.39 is 5.82 Å². The molecule has 0 fully saturated rings. The highest BCUT2D eigenvalue weighted by Gasteiger charge is 2.17. The molecule has 6 heteroatoms. The fourth-order valence-electron chi connectivity index (χ4n) is 2.11. The quantitative estimate of drug-likeness (QED) is 0.386. The Hall–Kier alpha value is -1.92. The van der Waals surface area contributed by atoms with Gasteiger partial charge in [0.05, 0.1) is 5.56 Å². The zero-order valence-electron chi connectivity index (χ0n) is 12.0. The molecule has 1 atom stereocenters. The van der Waals surface area contributed by atoms with E-state index in [1.165, 1.54) is 10.9 Å². The lowest BCUT2D eigenvalue weighted by molar-refractivity contribution is 0.253. The molecular weight excluding hydrogens is 289 g/mol. The standard InChI is InChI=1S/C15H18FN3OS/c1-10(13-7-4-8-21-13)19(2)9-11-5-3-6-12(14(11)16)15(17)18-20/h3-8,10,20H,9H2,1-2H3,(H2,17,18). The second kappa shape index (κ2) is 6.69. The number of oxime groups is 1. The maximum atomic E-state index is 14.4. The van der Waals surface area contributed by atoms with Crippen molar-refractivity contribution in [2.75, 3.05) is 7.05 Å². The molecule has 0 aliphatic rings. The molecule has 1 aromatic heterocycles. The van der Waals surface area contributed by atoms with E-state index in [9.17, 15) is 4.39 Å². The molecule has 1 aromatic carbocycles. The van der Waals surface area contributed by atoms with Gasteiger partial charge in [0.25, 0.3) is 0 Å². The van der Waals surface area contributed by atoms with Crippen LogP contribution in [-0.4, -0.2) is 23.0 Å². The molecule has 0 radical (unpaired) electrons. The summed E-state index contributed by atoms with van der Waals surface area (Å²) in [5.41, 5.74) is 6.12. The zero-order chi connectivity index (χ0) is 15.4. The number of hydrogen-bond acceptors (Lipinski definition) is 4. The van der Waals surface area contributed by atoms with Crippen LogP contribution < -0.4 is 5.73 Å². The van der Waals surface area contributed by atoms with Crippen LogP contribution in [0.4, 0.5) is 4.39 Å². The first-order valence-electron chi connectivity index (χ1n) is 6.53. The van der Waals surface area contributed by atoms with E-state index in [2.05, 4.69) is 23.0 Å². The lowest BCUT2D eigenvalue weighted by Gasteiger charge is -2.24. The smallest absolute Gasteiger partial charge is 0.173 e. The number of amidine groups is 1. The molecule has 0 aliphatic heterocycles. The van der Waals surface area contributed by atoms with Crippen LogP contribution in [0, 0.1) is 5.82 Å². The van der Waals surface area contributed by atoms with Gasteiger partial charge in [-0.25, -0.2) is 4.39 Å². The van der Waals surface area contributed by atoms with Gasteiger partial charge in [-0.2, -0.15) is 0 Å². The molecule has 112 valence electrons. The van der Waals surface area contributed by atoms with Crippen LogP contribution in [-0.2, 0) is 6.54 Å². The largest absolute Gasteiger partial charge is 0.409 e. The second-order valence-electron chi connectivity index (χ2n) is 4.87. The van der Waals surface area contributed by atoms with Gasteiger partial charge in [0.15, 0.2) is 5.84 Å². The molecule has 21 heavy (non-hydrogen) atoms. The maximum Gasteiger partial charge on any atom is 0.173 e. The van der Waals surface area contributed by atoms with Gasteiger partial charge in [0.2, 0.25) is 0 Å². The van der Waals surface area contributed by atoms with E-state index in [4.69, 9.17) is 10.9 Å². The van der Waals surface area contributed by atoms with Crippen molar-refractivity contribution in [1.82, 2.24) is 4.90 Å². The lowest BCUT2D eigenvalue weighted by atomic mass is 10.1. The summed E-state index contributed by atoms with van der Waals surface area (Å²) in [7, 11) is 1.94. The molecule has 1 heterocycles. The van der Waals surface area contributed by atoms with E-state index in [0.717, 1.165) is 0 Å². The number of thiophene rings is 1. The third kappa shape index (κ3) is 3.40. The van der Waals surface area contributed by atoms with E-state index >= 15 is 0 Å². The summed E-state index contributed by atoms with van der Waals surface area (Å²) in [6, 6.07) is 9.17. The van der Waals surface area contributed by atoms with Gasteiger partial charge >= 0.3 is 0 Å². The summed E-state index contributed by atoms with van der Waals surface area (Å²) in [5, 5.41) is 13.6. The van der Waals surface area contributed by atoms with Crippen molar-refractivity contribution in [2.24, 2.45) is 10.9 Å². The Labute approximate surface area is 127 Å². The highest BCUT2D eigenvalue weighted by Crippen LogP contribution is 2.25. The van der Waals surface area contributed by atoms with Gasteiger partial charge in [-0.15, -0.1) is 11.3 Å². The zero-order valence-corrected chi connectivity index (χ0v) is 12.8. The Balaban J connectivity index is 2.20. The molecule has 2 aromatic rings. The average molecular weight is 307 g/mol. The number of nitrogens with zero attached hydrogens (tertiary/aromatic N) is 2. The highest BCUT2D eigenvalue weighted by atomic mass is 32.1. The monoisotopic (exact) mass is 307 g/mol. The number of rotatable bonds is 5. The second-order valence-corrected chi connectivity index (χ2v) is 5.85. The van der Waals surface area contributed by atoms with Gasteiger partial charge in [0, 0.05) is 23.0 Å². The van der Waals surface area contributed by atoms with Gasteiger partial charge in [-0.1, -0.05) is 23.4 Å². The molecule has 4 nitrogen and oxygen atoms in total. The molecule has 3 N–H and O–H groups in total. The Bertz CT molecular complexity index is 628. The fraction of sp³-hybridized carbons (Fsp3) is 0.267. The summed E-state index contributed by atoms with van der Waals surface area (Å²) in [6.45, 7) is 2.52. The SMILES string of the molecule is CC(c1cccs1)N(C)Cc1cccc(/C(N)=N/O)c1F. The first-order chi connectivity index (χ1) is 10.0. The van der Waals surface area contributed by atoms with Crippen molar-refractivity contribution in [2.45, 2.75) is 19.5 Å². The van der Waals surface area contributed by atoms with Crippen LogP contribution in [0.2, 0.25) is 0 Å². The Kier molecular flexibility index (Phi) is 4.93.